The number of halogens is 1. The van der Waals surface area contributed by atoms with E-state index in [2.05, 4.69) is 5.32 Å². The number of piperazine rings is 1. The molecule has 1 N–H and O–H groups in total. The predicted molar refractivity (Wildman–Crippen MR) is 101 cm³/mol. The van der Waals surface area contributed by atoms with E-state index >= 15 is 0 Å². The van der Waals surface area contributed by atoms with Crippen molar-refractivity contribution in [2.75, 3.05) is 32.7 Å². The molecule has 25 heavy (non-hydrogen) atoms. The SMILES string of the molecule is CC(Sc1ccccc1Cl)C(=O)N1CCCC(N2CCNCC2=O)C1. The molecule has 2 fully saturated rings. The molecule has 2 aliphatic heterocycles. The van der Waals surface area contributed by atoms with Crippen LogP contribution >= 0.6 is 23.4 Å². The van der Waals surface area contributed by atoms with Crippen molar-refractivity contribution >= 4 is 35.2 Å². The lowest BCUT2D eigenvalue weighted by atomic mass is 10.0. The van der Waals surface area contributed by atoms with Gasteiger partial charge in [-0.2, -0.15) is 0 Å². The zero-order valence-electron chi connectivity index (χ0n) is 14.4. The van der Waals surface area contributed by atoms with Crippen molar-refractivity contribution < 1.29 is 9.59 Å². The first kappa shape index (κ1) is 18.5. The van der Waals surface area contributed by atoms with Crippen molar-refractivity contribution in [1.82, 2.24) is 15.1 Å². The molecule has 3 rings (SSSR count). The molecule has 1 aromatic carbocycles. The number of carbonyl (C=O) groups is 2. The minimum Gasteiger partial charge on any atom is -0.340 e. The number of carbonyl (C=O) groups excluding carboxylic acids is 2. The highest BCUT2D eigenvalue weighted by atomic mass is 35.5. The molecule has 136 valence electrons. The summed E-state index contributed by atoms with van der Waals surface area (Å²) in [5.41, 5.74) is 0. The molecule has 2 amide bonds. The number of benzene rings is 1. The van der Waals surface area contributed by atoms with Crippen LogP contribution in [0.25, 0.3) is 0 Å². The first-order valence-electron chi connectivity index (χ1n) is 8.76. The number of piperidine rings is 1. The van der Waals surface area contributed by atoms with Gasteiger partial charge in [0.1, 0.15) is 0 Å². The highest BCUT2D eigenvalue weighted by Crippen LogP contribution is 2.31. The van der Waals surface area contributed by atoms with Crippen molar-refractivity contribution in [2.24, 2.45) is 0 Å². The average molecular weight is 382 g/mol. The Kier molecular flexibility index (Phi) is 6.25. The fraction of sp³-hybridized carbons (Fsp3) is 0.556. The third-order valence-electron chi connectivity index (χ3n) is 4.76. The molecule has 1 aromatic rings. The largest absolute Gasteiger partial charge is 0.340 e. The van der Waals surface area contributed by atoms with E-state index in [1.54, 1.807) is 0 Å². The molecule has 2 unspecified atom stereocenters. The normalized spacial score (nSPS) is 22.8. The lowest BCUT2D eigenvalue weighted by Crippen LogP contribution is -2.58. The molecule has 0 spiro atoms. The van der Waals surface area contributed by atoms with Crippen molar-refractivity contribution in [3.8, 4) is 0 Å². The van der Waals surface area contributed by atoms with Crippen LogP contribution in [0.15, 0.2) is 29.2 Å². The standard InChI is InChI=1S/C18H24ClN3O2S/c1-13(25-16-7-3-2-6-15(16)19)18(24)21-9-4-5-14(12-21)22-10-8-20-11-17(22)23/h2-3,6-7,13-14,20H,4-5,8-12H2,1H3. The van der Waals surface area contributed by atoms with Gasteiger partial charge < -0.3 is 15.1 Å². The summed E-state index contributed by atoms with van der Waals surface area (Å²) < 4.78 is 0. The maximum Gasteiger partial charge on any atom is 0.236 e. The second-order valence-electron chi connectivity index (χ2n) is 6.53. The van der Waals surface area contributed by atoms with Crippen molar-refractivity contribution in [3.05, 3.63) is 29.3 Å². The maximum absolute atomic E-state index is 12.9. The van der Waals surface area contributed by atoms with Crippen LogP contribution in [0.4, 0.5) is 0 Å². The second kappa shape index (κ2) is 8.43. The van der Waals surface area contributed by atoms with Crippen LogP contribution < -0.4 is 5.32 Å². The van der Waals surface area contributed by atoms with E-state index in [4.69, 9.17) is 11.6 Å². The summed E-state index contributed by atoms with van der Waals surface area (Å²) in [7, 11) is 0. The zero-order chi connectivity index (χ0) is 17.8. The van der Waals surface area contributed by atoms with Crippen LogP contribution in [0.5, 0.6) is 0 Å². The minimum absolute atomic E-state index is 0.122. The number of hydrogen-bond donors (Lipinski definition) is 1. The average Bonchev–Trinajstić information content (AvgIpc) is 2.63. The first-order chi connectivity index (χ1) is 12.1. The summed E-state index contributed by atoms with van der Waals surface area (Å²) in [6.45, 7) is 5.30. The van der Waals surface area contributed by atoms with Crippen LogP contribution in [0.3, 0.4) is 0 Å². The minimum atomic E-state index is -0.197. The third-order valence-corrected chi connectivity index (χ3v) is 6.37. The maximum atomic E-state index is 12.9. The lowest BCUT2D eigenvalue weighted by Gasteiger charge is -2.41. The van der Waals surface area contributed by atoms with Crippen LogP contribution in [0.2, 0.25) is 5.02 Å². The second-order valence-corrected chi connectivity index (χ2v) is 8.32. The molecule has 0 aliphatic carbocycles. The molecule has 2 aliphatic rings. The molecular weight excluding hydrogens is 358 g/mol. The first-order valence-corrected chi connectivity index (χ1v) is 10.0. The Hall–Kier alpha value is -1.24. The number of amides is 2. The van der Waals surface area contributed by atoms with Gasteiger partial charge in [-0.25, -0.2) is 0 Å². The Morgan fingerprint density at radius 1 is 1.36 bits per heavy atom. The summed E-state index contributed by atoms with van der Waals surface area (Å²) in [5, 5.41) is 3.58. The number of hydrogen-bond acceptors (Lipinski definition) is 4. The Bertz CT molecular complexity index is 643. The zero-order valence-corrected chi connectivity index (χ0v) is 16.0. The number of nitrogens with zero attached hydrogens (tertiary/aromatic N) is 2. The summed E-state index contributed by atoms with van der Waals surface area (Å²) in [4.78, 5) is 29.8. The summed E-state index contributed by atoms with van der Waals surface area (Å²) in [5.74, 6) is 0.265. The van der Waals surface area contributed by atoms with E-state index in [1.165, 1.54) is 11.8 Å². The Labute approximate surface area is 158 Å². The van der Waals surface area contributed by atoms with Gasteiger partial charge in [0.25, 0.3) is 0 Å². The molecule has 7 heteroatoms. The molecule has 2 atom stereocenters. The van der Waals surface area contributed by atoms with Crippen LogP contribution in [-0.4, -0.2) is 65.6 Å². The third kappa shape index (κ3) is 4.49. The Morgan fingerprint density at radius 2 is 2.16 bits per heavy atom. The molecule has 0 radical (unpaired) electrons. The molecule has 2 heterocycles. The Balaban J connectivity index is 1.61. The number of thioether (sulfide) groups is 1. The van der Waals surface area contributed by atoms with E-state index < -0.39 is 0 Å². The monoisotopic (exact) mass is 381 g/mol. The van der Waals surface area contributed by atoms with Gasteiger partial charge in [-0.15, -0.1) is 11.8 Å². The van der Waals surface area contributed by atoms with E-state index in [9.17, 15) is 9.59 Å². The van der Waals surface area contributed by atoms with Gasteiger partial charge in [-0.3, -0.25) is 9.59 Å². The van der Waals surface area contributed by atoms with Crippen molar-refractivity contribution in [2.45, 2.75) is 36.0 Å². The fourth-order valence-corrected chi connectivity index (χ4v) is 4.69. The highest BCUT2D eigenvalue weighted by molar-refractivity contribution is 8.00. The van der Waals surface area contributed by atoms with E-state index in [0.29, 0.717) is 18.1 Å². The van der Waals surface area contributed by atoms with E-state index in [-0.39, 0.29) is 23.1 Å². The molecule has 0 saturated carbocycles. The predicted octanol–water partition coefficient (Wildman–Crippen LogP) is 2.24. The van der Waals surface area contributed by atoms with E-state index in [0.717, 1.165) is 37.4 Å². The molecule has 2 saturated heterocycles. The number of likely N-dealkylation sites (tertiary alicyclic amines) is 1. The van der Waals surface area contributed by atoms with Crippen LogP contribution in [0, 0.1) is 0 Å². The van der Waals surface area contributed by atoms with Gasteiger partial charge in [0.15, 0.2) is 0 Å². The van der Waals surface area contributed by atoms with Gasteiger partial charge in [-0.05, 0) is 31.9 Å². The Morgan fingerprint density at radius 3 is 2.92 bits per heavy atom. The van der Waals surface area contributed by atoms with Gasteiger partial charge >= 0.3 is 0 Å². The number of nitrogens with one attached hydrogen (secondary N) is 1. The smallest absolute Gasteiger partial charge is 0.236 e. The van der Waals surface area contributed by atoms with E-state index in [1.807, 2.05) is 41.0 Å². The van der Waals surface area contributed by atoms with Crippen LogP contribution in [0.1, 0.15) is 19.8 Å². The molecular formula is C18H24ClN3O2S. The highest BCUT2D eigenvalue weighted by Gasteiger charge is 2.33. The van der Waals surface area contributed by atoms with Crippen LogP contribution in [-0.2, 0) is 9.59 Å². The van der Waals surface area contributed by atoms with Gasteiger partial charge in [-0.1, -0.05) is 23.7 Å². The van der Waals surface area contributed by atoms with Gasteiger partial charge in [0, 0.05) is 37.1 Å². The number of rotatable bonds is 4. The summed E-state index contributed by atoms with van der Waals surface area (Å²) in [6.07, 6.45) is 1.92. The lowest BCUT2D eigenvalue weighted by molar-refractivity contribution is -0.140. The van der Waals surface area contributed by atoms with Gasteiger partial charge in [0.05, 0.1) is 16.8 Å². The molecule has 0 aromatic heterocycles. The quantitative estimate of drug-likeness (QED) is 0.813. The van der Waals surface area contributed by atoms with Crippen molar-refractivity contribution in [3.63, 3.8) is 0 Å². The topological polar surface area (TPSA) is 52.7 Å². The van der Waals surface area contributed by atoms with Gasteiger partial charge in [0.2, 0.25) is 11.8 Å². The molecule has 5 nitrogen and oxygen atoms in total. The molecule has 0 bridgehead atoms. The summed E-state index contributed by atoms with van der Waals surface area (Å²) in [6, 6.07) is 7.74. The van der Waals surface area contributed by atoms with Crippen molar-refractivity contribution in [1.29, 1.82) is 0 Å². The summed E-state index contributed by atoms with van der Waals surface area (Å²) >= 11 is 7.70. The fourth-order valence-electron chi connectivity index (χ4n) is 3.45.